The van der Waals surface area contributed by atoms with Gasteiger partial charge in [-0.2, -0.15) is 0 Å². The highest BCUT2D eigenvalue weighted by Crippen LogP contribution is 1.93. The van der Waals surface area contributed by atoms with Gasteiger partial charge in [0, 0.05) is 11.8 Å². The Morgan fingerprint density at radius 1 is 1.64 bits per heavy atom. The Morgan fingerprint density at radius 3 is 2.55 bits per heavy atom. The third-order valence-electron chi connectivity index (χ3n) is 1.01. The highest BCUT2D eigenvalue weighted by Gasteiger charge is 2.02. The second-order valence-corrected chi connectivity index (χ2v) is 1.99. The van der Waals surface area contributed by atoms with Crippen molar-refractivity contribution in [3.63, 3.8) is 0 Å². The smallest absolute Gasteiger partial charge is 0.335 e. The largest absolute Gasteiger partial charge is 0.462 e. The van der Waals surface area contributed by atoms with E-state index >= 15 is 0 Å². The molecule has 0 aromatic rings. The molecule has 0 radical (unpaired) electrons. The highest BCUT2D eigenvalue weighted by molar-refractivity contribution is 5.87. The molecule has 0 saturated heterocycles. The van der Waals surface area contributed by atoms with Crippen LogP contribution >= 0.6 is 12.4 Å². The molecule has 0 bridgehead atoms. The van der Waals surface area contributed by atoms with E-state index in [0.717, 1.165) is 6.42 Å². The van der Waals surface area contributed by atoms with E-state index in [1.165, 1.54) is 6.20 Å². The summed E-state index contributed by atoms with van der Waals surface area (Å²) in [5.74, 6) is -0.329. The maximum absolute atomic E-state index is 10.8. The van der Waals surface area contributed by atoms with Crippen LogP contribution in [0.25, 0.3) is 0 Å². The number of hydrogen-bond acceptors (Lipinski definition) is 3. The van der Waals surface area contributed by atoms with Crippen molar-refractivity contribution >= 4 is 18.4 Å². The van der Waals surface area contributed by atoms with Gasteiger partial charge in [0.2, 0.25) is 0 Å². The molecule has 0 unspecified atom stereocenters. The van der Waals surface area contributed by atoms with Gasteiger partial charge in [-0.05, 0) is 13.3 Å². The minimum Gasteiger partial charge on any atom is -0.462 e. The predicted molar refractivity (Wildman–Crippen MR) is 46.4 cm³/mol. The van der Waals surface area contributed by atoms with Crippen LogP contribution in [0.1, 0.15) is 20.3 Å². The van der Waals surface area contributed by atoms with E-state index in [0.29, 0.717) is 12.2 Å². The minimum absolute atomic E-state index is 0. The molecule has 0 amide bonds. The Bertz CT molecular complexity index is 145. The molecule has 0 aliphatic carbocycles. The quantitative estimate of drug-likeness (QED) is 0.524. The van der Waals surface area contributed by atoms with E-state index in [9.17, 15) is 4.79 Å². The van der Waals surface area contributed by atoms with Crippen molar-refractivity contribution in [2.45, 2.75) is 20.3 Å². The molecular formula is C7H14ClNO2. The van der Waals surface area contributed by atoms with Crippen molar-refractivity contribution in [2.24, 2.45) is 5.73 Å². The van der Waals surface area contributed by atoms with Crippen LogP contribution < -0.4 is 5.73 Å². The molecule has 66 valence electrons. The number of carbonyl (C=O) groups excluding carboxylic acids is 1. The molecule has 0 rings (SSSR count). The van der Waals surface area contributed by atoms with E-state index in [1.807, 2.05) is 6.92 Å². The number of halogens is 1. The van der Waals surface area contributed by atoms with Gasteiger partial charge in [-0.1, -0.05) is 6.92 Å². The standard InChI is InChI=1S/C7H13NO2.ClH/c1-3-4-10-7(9)6(2)5-8;/h5H,3-4,8H2,1-2H3;1H/b6-5+;. The average Bonchev–Trinajstić information content (AvgIpc) is 1.98. The molecular weight excluding hydrogens is 166 g/mol. The Morgan fingerprint density at radius 2 is 2.18 bits per heavy atom. The van der Waals surface area contributed by atoms with Gasteiger partial charge in [-0.15, -0.1) is 12.4 Å². The SMILES string of the molecule is CCCOC(=O)/C(C)=C/N.Cl. The van der Waals surface area contributed by atoms with Crippen molar-refractivity contribution in [2.75, 3.05) is 6.61 Å². The zero-order valence-corrected chi connectivity index (χ0v) is 7.61. The van der Waals surface area contributed by atoms with Gasteiger partial charge < -0.3 is 10.5 Å². The van der Waals surface area contributed by atoms with Crippen LogP contribution in [0.3, 0.4) is 0 Å². The molecule has 0 atom stereocenters. The highest BCUT2D eigenvalue weighted by atomic mass is 35.5. The van der Waals surface area contributed by atoms with Gasteiger partial charge in [0.1, 0.15) is 0 Å². The number of hydrogen-bond donors (Lipinski definition) is 1. The fourth-order valence-electron chi connectivity index (χ4n) is 0.377. The van der Waals surface area contributed by atoms with E-state index in [1.54, 1.807) is 6.92 Å². The molecule has 0 saturated carbocycles. The molecule has 0 fully saturated rings. The molecule has 0 spiro atoms. The second kappa shape index (κ2) is 7.41. The number of esters is 1. The zero-order valence-electron chi connectivity index (χ0n) is 6.79. The lowest BCUT2D eigenvalue weighted by atomic mass is 10.3. The summed E-state index contributed by atoms with van der Waals surface area (Å²) in [6.45, 7) is 4.02. The topological polar surface area (TPSA) is 52.3 Å². The summed E-state index contributed by atoms with van der Waals surface area (Å²) in [6, 6.07) is 0. The lowest BCUT2D eigenvalue weighted by Crippen LogP contribution is -2.07. The first-order chi connectivity index (χ1) is 4.72. The summed E-state index contributed by atoms with van der Waals surface area (Å²) in [6.07, 6.45) is 2.08. The maximum Gasteiger partial charge on any atom is 0.335 e. The molecule has 4 heteroatoms. The van der Waals surface area contributed by atoms with Gasteiger partial charge in [0.05, 0.1) is 6.61 Å². The lowest BCUT2D eigenvalue weighted by molar-refractivity contribution is -0.138. The van der Waals surface area contributed by atoms with Crippen LogP contribution in [-0.2, 0) is 9.53 Å². The molecule has 0 aromatic heterocycles. The first-order valence-corrected chi connectivity index (χ1v) is 3.28. The Labute approximate surface area is 73.0 Å². The molecule has 11 heavy (non-hydrogen) atoms. The molecule has 0 heterocycles. The van der Waals surface area contributed by atoms with Crippen LogP contribution in [0, 0.1) is 0 Å². The molecule has 0 aliphatic rings. The van der Waals surface area contributed by atoms with Gasteiger partial charge in [0.25, 0.3) is 0 Å². The zero-order chi connectivity index (χ0) is 7.98. The summed E-state index contributed by atoms with van der Waals surface area (Å²) in [5, 5.41) is 0. The number of rotatable bonds is 3. The predicted octanol–water partition coefficient (Wildman–Crippen LogP) is 1.22. The third kappa shape index (κ3) is 5.73. The number of ether oxygens (including phenoxy) is 1. The van der Waals surface area contributed by atoms with Gasteiger partial charge >= 0.3 is 5.97 Å². The Kier molecular flexibility index (Phi) is 8.71. The van der Waals surface area contributed by atoms with Crippen molar-refractivity contribution in [3.8, 4) is 0 Å². The Balaban J connectivity index is 0. The lowest BCUT2D eigenvalue weighted by Gasteiger charge is -2.00. The van der Waals surface area contributed by atoms with Crippen LogP contribution in [0.2, 0.25) is 0 Å². The van der Waals surface area contributed by atoms with Crippen LogP contribution in [0.5, 0.6) is 0 Å². The van der Waals surface area contributed by atoms with E-state index in [-0.39, 0.29) is 18.4 Å². The Hall–Kier alpha value is -0.700. The van der Waals surface area contributed by atoms with Gasteiger partial charge in [-0.3, -0.25) is 0 Å². The monoisotopic (exact) mass is 179 g/mol. The first-order valence-electron chi connectivity index (χ1n) is 3.28. The summed E-state index contributed by atoms with van der Waals surface area (Å²) >= 11 is 0. The normalized spacial score (nSPS) is 10.2. The summed E-state index contributed by atoms with van der Waals surface area (Å²) in [5.41, 5.74) is 5.53. The number of nitrogens with two attached hydrogens (primary N) is 1. The van der Waals surface area contributed by atoms with Crippen molar-refractivity contribution in [3.05, 3.63) is 11.8 Å². The molecule has 3 nitrogen and oxygen atoms in total. The summed E-state index contributed by atoms with van der Waals surface area (Å²) in [7, 11) is 0. The summed E-state index contributed by atoms with van der Waals surface area (Å²) in [4.78, 5) is 10.8. The minimum atomic E-state index is -0.329. The van der Waals surface area contributed by atoms with E-state index in [2.05, 4.69) is 0 Å². The van der Waals surface area contributed by atoms with E-state index in [4.69, 9.17) is 10.5 Å². The second-order valence-electron chi connectivity index (χ2n) is 1.99. The van der Waals surface area contributed by atoms with Gasteiger partial charge in [0.15, 0.2) is 0 Å². The number of carbonyl (C=O) groups is 1. The van der Waals surface area contributed by atoms with Gasteiger partial charge in [-0.25, -0.2) is 4.79 Å². The maximum atomic E-state index is 10.8. The van der Waals surface area contributed by atoms with Crippen molar-refractivity contribution in [1.29, 1.82) is 0 Å². The van der Waals surface area contributed by atoms with E-state index < -0.39 is 0 Å². The van der Waals surface area contributed by atoms with Crippen LogP contribution in [-0.4, -0.2) is 12.6 Å². The third-order valence-corrected chi connectivity index (χ3v) is 1.01. The molecule has 0 aliphatic heterocycles. The van der Waals surface area contributed by atoms with Crippen molar-refractivity contribution < 1.29 is 9.53 Å². The molecule has 2 N–H and O–H groups in total. The average molecular weight is 180 g/mol. The van der Waals surface area contributed by atoms with Crippen molar-refractivity contribution in [1.82, 2.24) is 0 Å². The first kappa shape index (κ1) is 12.9. The fourth-order valence-corrected chi connectivity index (χ4v) is 0.377. The molecule has 0 aromatic carbocycles. The van der Waals surface area contributed by atoms with Crippen LogP contribution in [0.15, 0.2) is 11.8 Å². The summed E-state index contributed by atoms with van der Waals surface area (Å²) < 4.78 is 4.76. The fraction of sp³-hybridized carbons (Fsp3) is 0.571. The van der Waals surface area contributed by atoms with Crippen LogP contribution in [0.4, 0.5) is 0 Å².